The molecule has 1 atom stereocenters. The van der Waals surface area contributed by atoms with Crippen molar-refractivity contribution in [3.8, 4) is 0 Å². The van der Waals surface area contributed by atoms with Crippen molar-refractivity contribution in [3.63, 3.8) is 0 Å². The predicted octanol–water partition coefficient (Wildman–Crippen LogP) is 2.71. The van der Waals surface area contributed by atoms with E-state index in [0.717, 1.165) is 29.7 Å². The van der Waals surface area contributed by atoms with Gasteiger partial charge in [0.05, 0.1) is 12.5 Å². The van der Waals surface area contributed by atoms with E-state index in [4.69, 9.17) is 4.74 Å². The van der Waals surface area contributed by atoms with E-state index in [1.807, 2.05) is 36.9 Å². The summed E-state index contributed by atoms with van der Waals surface area (Å²) in [4.78, 5) is 40.6. The monoisotopic (exact) mass is 387 g/mol. The lowest BCUT2D eigenvalue weighted by molar-refractivity contribution is -0.130. The number of hydrogen-bond acceptors (Lipinski definition) is 4. The standard InChI is InChI=1S/C21H29N3O4/c1-4-28-21(27)23-10-8-17(9-11-23)24-13-16(12-18(24)25)20(26)22-19-14(2)6-5-7-15(19)3/h5-7,16-17H,4,8-13H2,1-3H3,(H,22,26). The molecule has 0 saturated carbocycles. The van der Waals surface area contributed by atoms with Crippen LogP contribution in [0.5, 0.6) is 0 Å². The Morgan fingerprint density at radius 2 is 1.82 bits per heavy atom. The number of carbonyl (C=O) groups is 3. The molecule has 2 heterocycles. The van der Waals surface area contributed by atoms with E-state index in [9.17, 15) is 14.4 Å². The average molecular weight is 387 g/mol. The molecule has 0 aliphatic carbocycles. The number of nitrogens with zero attached hydrogens (tertiary/aromatic N) is 2. The summed E-state index contributed by atoms with van der Waals surface area (Å²) >= 11 is 0. The van der Waals surface area contributed by atoms with Gasteiger partial charge >= 0.3 is 6.09 Å². The van der Waals surface area contributed by atoms with Crippen molar-refractivity contribution in [2.24, 2.45) is 5.92 Å². The van der Waals surface area contributed by atoms with Crippen molar-refractivity contribution < 1.29 is 19.1 Å². The molecule has 7 nitrogen and oxygen atoms in total. The van der Waals surface area contributed by atoms with Gasteiger partial charge in [0.25, 0.3) is 0 Å². The van der Waals surface area contributed by atoms with Crippen LogP contribution in [0.15, 0.2) is 18.2 Å². The van der Waals surface area contributed by atoms with Gasteiger partial charge in [-0.2, -0.15) is 0 Å². The van der Waals surface area contributed by atoms with Gasteiger partial charge in [-0.1, -0.05) is 18.2 Å². The van der Waals surface area contributed by atoms with Gasteiger partial charge in [0, 0.05) is 37.8 Å². The fraction of sp³-hybridized carbons (Fsp3) is 0.571. The van der Waals surface area contributed by atoms with Crippen LogP contribution in [0.3, 0.4) is 0 Å². The van der Waals surface area contributed by atoms with E-state index in [1.54, 1.807) is 11.8 Å². The quantitative estimate of drug-likeness (QED) is 0.862. The van der Waals surface area contributed by atoms with Crippen LogP contribution < -0.4 is 5.32 Å². The molecule has 0 radical (unpaired) electrons. The Hall–Kier alpha value is -2.57. The summed E-state index contributed by atoms with van der Waals surface area (Å²) in [6.07, 6.45) is 1.39. The van der Waals surface area contributed by atoms with Gasteiger partial charge < -0.3 is 19.9 Å². The van der Waals surface area contributed by atoms with Gasteiger partial charge in [-0.15, -0.1) is 0 Å². The van der Waals surface area contributed by atoms with Gasteiger partial charge in [0.1, 0.15) is 0 Å². The number of anilines is 1. The first kappa shape index (κ1) is 20.2. The minimum atomic E-state index is -0.338. The number of benzene rings is 1. The van der Waals surface area contributed by atoms with Crippen molar-refractivity contribution in [2.75, 3.05) is 31.6 Å². The normalized spacial score (nSPS) is 20.4. The minimum Gasteiger partial charge on any atom is -0.450 e. The van der Waals surface area contributed by atoms with Crippen LogP contribution in [-0.4, -0.2) is 60.0 Å². The highest BCUT2D eigenvalue weighted by Gasteiger charge is 2.39. The lowest BCUT2D eigenvalue weighted by atomic mass is 10.0. The van der Waals surface area contributed by atoms with E-state index >= 15 is 0 Å². The average Bonchev–Trinajstić information content (AvgIpc) is 3.07. The topological polar surface area (TPSA) is 79.0 Å². The number of para-hydroxylation sites is 1. The van der Waals surface area contributed by atoms with Crippen molar-refractivity contribution in [3.05, 3.63) is 29.3 Å². The second-order valence-electron chi connectivity index (χ2n) is 7.62. The number of ether oxygens (including phenoxy) is 1. The summed E-state index contributed by atoms with van der Waals surface area (Å²) in [7, 11) is 0. The zero-order chi connectivity index (χ0) is 20.3. The molecule has 2 fully saturated rings. The molecule has 1 aromatic rings. The number of piperidine rings is 1. The van der Waals surface area contributed by atoms with E-state index in [0.29, 0.717) is 26.2 Å². The fourth-order valence-corrected chi connectivity index (χ4v) is 4.07. The molecule has 1 N–H and O–H groups in total. The Bertz CT molecular complexity index is 736. The summed E-state index contributed by atoms with van der Waals surface area (Å²) in [6, 6.07) is 5.97. The second-order valence-corrected chi connectivity index (χ2v) is 7.62. The first-order valence-corrected chi connectivity index (χ1v) is 9.99. The number of rotatable bonds is 4. The SMILES string of the molecule is CCOC(=O)N1CCC(N2CC(C(=O)Nc3c(C)cccc3C)CC2=O)CC1. The van der Waals surface area contributed by atoms with Crippen molar-refractivity contribution in [1.29, 1.82) is 0 Å². The molecule has 1 unspecified atom stereocenters. The summed E-state index contributed by atoms with van der Waals surface area (Å²) in [5.74, 6) is -0.414. The predicted molar refractivity (Wildman–Crippen MR) is 106 cm³/mol. The third-order valence-electron chi connectivity index (χ3n) is 5.69. The van der Waals surface area contributed by atoms with Crippen molar-refractivity contribution in [1.82, 2.24) is 9.80 Å². The molecule has 3 amide bonds. The zero-order valence-electron chi connectivity index (χ0n) is 16.9. The van der Waals surface area contributed by atoms with Crippen LogP contribution in [-0.2, 0) is 14.3 Å². The molecule has 152 valence electrons. The number of likely N-dealkylation sites (tertiary alicyclic amines) is 2. The lowest BCUT2D eigenvalue weighted by Gasteiger charge is -2.36. The lowest BCUT2D eigenvalue weighted by Crippen LogP contribution is -2.47. The van der Waals surface area contributed by atoms with Crippen LogP contribution in [0.25, 0.3) is 0 Å². The molecule has 0 aromatic heterocycles. The number of amides is 3. The minimum absolute atomic E-state index is 0.0243. The first-order valence-electron chi connectivity index (χ1n) is 9.99. The second kappa shape index (κ2) is 8.63. The summed E-state index contributed by atoms with van der Waals surface area (Å²) < 4.78 is 5.04. The first-order chi connectivity index (χ1) is 13.4. The molecule has 7 heteroatoms. The van der Waals surface area contributed by atoms with Crippen molar-refractivity contribution >= 4 is 23.6 Å². The van der Waals surface area contributed by atoms with Gasteiger partial charge in [-0.3, -0.25) is 9.59 Å². The molecular weight excluding hydrogens is 358 g/mol. The molecule has 28 heavy (non-hydrogen) atoms. The number of hydrogen-bond donors (Lipinski definition) is 1. The molecule has 1 aromatic carbocycles. The third-order valence-corrected chi connectivity index (χ3v) is 5.69. The largest absolute Gasteiger partial charge is 0.450 e. The number of aryl methyl sites for hydroxylation is 2. The summed E-state index contributed by atoms with van der Waals surface area (Å²) in [5, 5.41) is 3.01. The van der Waals surface area contributed by atoms with Crippen LogP contribution in [0.2, 0.25) is 0 Å². The Balaban J connectivity index is 1.57. The van der Waals surface area contributed by atoms with Crippen molar-refractivity contribution in [2.45, 2.75) is 46.1 Å². The summed E-state index contributed by atoms with van der Waals surface area (Å²) in [5.41, 5.74) is 2.86. The summed E-state index contributed by atoms with van der Waals surface area (Å²) in [6.45, 7) is 7.68. The highest BCUT2D eigenvalue weighted by Crippen LogP contribution is 2.28. The number of carbonyl (C=O) groups excluding carboxylic acids is 3. The fourth-order valence-electron chi connectivity index (χ4n) is 4.07. The maximum absolute atomic E-state index is 12.7. The third kappa shape index (κ3) is 4.29. The van der Waals surface area contributed by atoms with Crippen LogP contribution in [0, 0.1) is 19.8 Å². The highest BCUT2D eigenvalue weighted by atomic mass is 16.6. The maximum Gasteiger partial charge on any atom is 0.409 e. The van der Waals surface area contributed by atoms with E-state index < -0.39 is 0 Å². The Morgan fingerprint density at radius 3 is 2.43 bits per heavy atom. The Morgan fingerprint density at radius 1 is 1.18 bits per heavy atom. The van der Waals surface area contributed by atoms with E-state index in [2.05, 4.69) is 5.32 Å². The van der Waals surface area contributed by atoms with Crippen LogP contribution in [0.4, 0.5) is 10.5 Å². The van der Waals surface area contributed by atoms with Crippen LogP contribution >= 0.6 is 0 Å². The molecule has 2 aliphatic rings. The molecule has 2 saturated heterocycles. The molecule has 2 aliphatic heterocycles. The highest BCUT2D eigenvalue weighted by molar-refractivity contribution is 5.98. The number of nitrogens with one attached hydrogen (secondary N) is 1. The van der Waals surface area contributed by atoms with E-state index in [1.165, 1.54) is 0 Å². The molecule has 0 spiro atoms. The molecule has 0 bridgehead atoms. The Labute approximate surface area is 166 Å². The van der Waals surface area contributed by atoms with Gasteiger partial charge in [0.15, 0.2) is 0 Å². The van der Waals surface area contributed by atoms with Gasteiger partial charge in [0.2, 0.25) is 11.8 Å². The smallest absolute Gasteiger partial charge is 0.409 e. The van der Waals surface area contributed by atoms with Gasteiger partial charge in [-0.25, -0.2) is 4.79 Å². The van der Waals surface area contributed by atoms with Gasteiger partial charge in [-0.05, 0) is 44.7 Å². The zero-order valence-corrected chi connectivity index (χ0v) is 16.9. The molecule has 3 rings (SSSR count). The Kier molecular flexibility index (Phi) is 6.21. The van der Waals surface area contributed by atoms with Crippen LogP contribution in [0.1, 0.15) is 37.3 Å². The molecular formula is C21H29N3O4. The maximum atomic E-state index is 12.7. The van der Waals surface area contributed by atoms with E-state index in [-0.39, 0.29) is 36.3 Å².